The summed E-state index contributed by atoms with van der Waals surface area (Å²) in [6.07, 6.45) is 69.9. The second kappa shape index (κ2) is 50.4. The zero-order valence-corrected chi connectivity index (χ0v) is 70.5. The zero-order chi connectivity index (χ0) is 73.4. The molecule has 2 aromatic carbocycles. The Kier molecular flexibility index (Phi) is 41.8. The van der Waals surface area contributed by atoms with Gasteiger partial charge in [-0.05, 0) is 86.1 Å². The van der Waals surface area contributed by atoms with Crippen LogP contribution >= 0.6 is 68.8 Å². The standard InChI is InChI=1S/C90H134F4N4S6/c1-7-11-15-19-23-27-31-35-39-43-47-51-55-69(56-52-48-44-40-36-32-28-24-20-16-12-8-2)63-71-65-76(100-68(71)6)80-84(93)85(94)81(89-88(80)97-104-98-89)77-66-72(90(102-77)75-62-61-74(101-75)79-83(92)82(91)78(73-60-59-67(5)99-73)86-87(79)96-103-95-86)64-70(57-53-49-45-41-37-33-29-25-21-17-13-9-3)58-54-50-46-42-38-34-30-26-22-18-14-10-4/h59-62,65-66,69-70H,7-58,63-64H2,1-6H3. The Morgan fingerprint density at radius 1 is 0.279 bits per heavy atom. The van der Waals surface area contributed by atoms with Gasteiger partial charge in [0.2, 0.25) is 0 Å². The lowest BCUT2D eigenvalue weighted by Crippen LogP contribution is -2.06. The van der Waals surface area contributed by atoms with Crippen molar-refractivity contribution in [1.82, 2.24) is 17.5 Å². The van der Waals surface area contributed by atoms with Crippen LogP contribution < -0.4 is 0 Å². The molecule has 0 radical (unpaired) electrons. The lowest BCUT2D eigenvalue weighted by Gasteiger charge is -2.17. The SMILES string of the molecule is CCCCCCCCCCCCCCC(CCCCCCCCCCCCCC)Cc1cc(-c2c(F)c(F)c(-c3cc(CC(CCCCCCCCCCCCCC)CCCCCCCCCCCCCC)c(-c4ccc(-c5c(F)c(F)c(-c6ccc(C)s6)c6nsnc56)s4)s3)c3nsnc23)sc1C. The summed E-state index contributed by atoms with van der Waals surface area (Å²) in [5.41, 5.74) is 4.46. The van der Waals surface area contributed by atoms with Crippen molar-refractivity contribution in [2.45, 2.75) is 388 Å². The van der Waals surface area contributed by atoms with E-state index in [-0.39, 0.29) is 22.3 Å². The number of thiophene rings is 4. The number of aromatic nitrogens is 4. The number of hydrogen-bond donors (Lipinski definition) is 0. The quantitative estimate of drug-likeness (QED) is 0.0282. The monoisotopic (exact) mass is 1540 g/mol. The third-order valence-corrected chi connectivity index (χ3v) is 28.1. The van der Waals surface area contributed by atoms with Gasteiger partial charge in [-0.25, -0.2) is 17.6 Å². The van der Waals surface area contributed by atoms with Gasteiger partial charge in [-0.1, -0.05) is 362 Å². The van der Waals surface area contributed by atoms with Gasteiger partial charge in [-0.2, -0.15) is 17.5 Å². The highest BCUT2D eigenvalue weighted by Gasteiger charge is 2.31. The first-order valence-corrected chi connectivity index (χ1v) is 47.5. The molecule has 0 aliphatic heterocycles. The molecule has 0 atom stereocenters. The summed E-state index contributed by atoms with van der Waals surface area (Å²) in [7, 11) is 0. The molecule has 8 rings (SSSR count). The van der Waals surface area contributed by atoms with Crippen molar-refractivity contribution < 1.29 is 17.6 Å². The maximum absolute atomic E-state index is 17.9. The molecule has 0 spiro atoms. The highest BCUT2D eigenvalue weighted by molar-refractivity contribution is 7.25. The number of nitrogens with zero attached hydrogens (tertiary/aromatic N) is 4. The van der Waals surface area contributed by atoms with Gasteiger partial charge in [-0.15, -0.1) is 45.3 Å². The Balaban J connectivity index is 1.04. The van der Waals surface area contributed by atoms with Gasteiger partial charge < -0.3 is 0 Å². The lowest BCUT2D eigenvalue weighted by molar-refractivity contribution is 0.399. The predicted octanol–water partition coefficient (Wildman–Crippen LogP) is 34.1. The Morgan fingerprint density at radius 2 is 0.538 bits per heavy atom. The van der Waals surface area contributed by atoms with Crippen molar-refractivity contribution in [2.24, 2.45) is 11.8 Å². The molecule has 0 bridgehead atoms. The van der Waals surface area contributed by atoms with Gasteiger partial charge in [0, 0.05) is 39.0 Å². The molecule has 0 aliphatic carbocycles. The predicted molar refractivity (Wildman–Crippen MR) is 454 cm³/mol. The number of aryl methyl sites for hydroxylation is 2. The molecule has 104 heavy (non-hydrogen) atoms. The van der Waals surface area contributed by atoms with Crippen LogP contribution in [0.4, 0.5) is 17.6 Å². The van der Waals surface area contributed by atoms with Crippen LogP contribution in [0.15, 0.2) is 36.4 Å². The average Bonchev–Trinajstić information content (AvgIpc) is 1.56. The zero-order valence-electron chi connectivity index (χ0n) is 65.6. The third-order valence-electron chi connectivity index (χ3n) is 22.5. The lowest BCUT2D eigenvalue weighted by atomic mass is 9.88. The van der Waals surface area contributed by atoms with Gasteiger partial charge in [0.25, 0.3) is 0 Å². The van der Waals surface area contributed by atoms with E-state index in [2.05, 4.69) is 55.5 Å². The molecule has 6 heterocycles. The van der Waals surface area contributed by atoms with Crippen LogP contribution in [0.1, 0.15) is 382 Å². The maximum Gasteiger partial charge on any atom is 0.170 e. The fraction of sp³-hybridized carbons (Fsp3) is 0.689. The van der Waals surface area contributed by atoms with Crippen LogP contribution in [-0.4, -0.2) is 17.5 Å². The first-order chi connectivity index (χ1) is 51.1. The van der Waals surface area contributed by atoms with Gasteiger partial charge >= 0.3 is 0 Å². The molecule has 6 aromatic heterocycles. The third kappa shape index (κ3) is 28.2. The van der Waals surface area contributed by atoms with E-state index in [9.17, 15) is 0 Å². The van der Waals surface area contributed by atoms with Crippen LogP contribution in [0.2, 0.25) is 0 Å². The molecule has 0 N–H and O–H groups in total. The van der Waals surface area contributed by atoms with Crippen LogP contribution in [0.5, 0.6) is 0 Å². The summed E-state index contributed by atoms with van der Waals surface area (Å²) in [5, 5.41) is 0. The Labute approximate surface area is 653 Å². The molecule has 0 aliphatic rings. The second-order valence-corrected chi connectivity index (χ2v) is 37.0. The fourth-order valence-electron chi connectivity index (χ4n) is 16.1. The van der Waals surface area contributed by atoms with Crippen molar-refractivity contribution in [3.8, 4) is 51.5 Å². The van der Waals surface area contributed by atoms with Gasteiger partial charge in [-0.3, -0.25) is 0 Å². The van der Waals surface area contributed by atoms with E-state index in [1.807, 2.05) is 31.2 Å². The van der Waals surface area contributed by atoms with Gasteiger partial charge in [0.05, 0.1) is 45.7 Å². The molecule has 8 aromatic rings. The van der Waals surface area contributed by atoms with E-state index in [0.29, 0.717) is 48.5 Å². The highest BCUT2D eigenvalue weighted by Crippen LogP contribution is 2.51. The molecule has 4 nitrogen and oxygen atoms in total. The first kappa shape index (κ1) is 86.2. The first-order valence-electron chi connectivity index (χ1n) is 42.7. The number of hydrogen-bond acceptors (Lipinski definition) is 10. The fourth-order valence-corrected chi connectivity index (χ4v) is 21.7. The van der Waals surface area contributed by atoms with Crippen molar-refractivity contribution in [2.75, 3.05) is 0 Å². The molecular formula is C90H134F4N4S6. The average molecular weight is 1540 g/mol. The van der Waals surface area contributed by atoms with E-state index in [4.69, 9.17) is 8.75 Å². The van der Waals surface area contributed by atoms with Crippen molar-refractivity contribution in [1.29, 1.82) is 0 Å². The molecule has 0 saturated heterocycles. The Bertz CT molecular complexity index is 3550. The molecule has 14 heteroatoms. The molecule has 0 amide bonds. The number of halogens is 4. The van der Waals surface area contributed by atoms with Crippen molar-refractivity contribution in [3.63, 3.8) is 0 Å². The van der Waals surface area contributed by atoms with E-state index in [1.165, 1.54) is 353 Å². The molecule has 0 unspecified atom stereocenters. The topological polar surface area (TPSA) is 51.6 Å². The minimum atomic E-state index is -0.940. The molecule has 578 valence electrons. The number of fused-ring (bicyclic) bond motifs is 2. The van der Waals surface area contributed by atoms with Crippen molar-refractivity contribution >= 4 is 90.9 Å². The maximum atomic E-state index is 17.9. The van der Waals surface area contributed by atoms with Crippen LogP contribution in [-0.2, 0) is 12.8 Å². The summed E-state index contributed by atoms with van der Waals surface area (Å²) in [5.74, 6) is -2.69. The largest absolute Gasteiger partial charge is 0.203 e. The summed E-state index contributed by atoms with van der Waals surface area (Å²) in [6, 6.07) is 11.9. The molecule has 0 fully saturated rings. The molecule has 0 saturated carbocycles. The highest BCUT2D eigenvalue weighted by atomic mass is 32.1. The van der Waals surface area contributed by atoms with E-state index < -0.39 is 23.3 Å². The van der Waals surface area contributed by atoms with Gasteiger partial charge in [0.1, 0.15) is 22.1 Å². The smallest absolute Gasteiger partial charge is 0.170 e. The Morgan fingerprint density at radius 3 is 0.856 bits per heavy atom. The minimum absolute atomic E-state index is 0.107. The summed E-state index contributed by atoms with van der Waals surface area (Å²) in [4.78, 5) is 6.48. The number of benzene rings is 2. The number of rotatable bonds is 61. The van der Waals surface area contributed by atoms with Crippen molar-refractivity contribution in [3.05, 3.63) is 80.5 Å². The van der Waals surface area contributed by atoms with Gasteiger partial charge in [0.15, 0.2) is 23.3 Å². The normalized spacial score (nSPS) is 12.1. The van der Waals surface area contributed by atoms with E-state index in [0.717, 1.165) is 87.1 Å². The van der Waals surface area contributed by atoms with Crippen LogP contribution in [0.3, 0.4) is 0 Å². The van der Waals surface area contributed by atoms with Crippen LogP contribution in [0.25, 0.3) is 73.6 Å². The second-order valence-electron chi connectivity index (χ2n) is 31.3. The number of unbranched alkanes of at least 4 members (excludes halogenated alkanes) is 44. The Hall–Kier alpha value is -3.40. The minimum Gasteiger partial charge on any atom is -0.203 e. The summed E-state index contributed by atoms with van der Waals surface area (Å²) < 4.78 is 88.2. The van der Waals surface area contributed by atoms with Crippen LogP contribution in [0, 0.1) is 49.0 Å². The molecular weight excluding hydrogens is 1410 g/mol. The van der Waals surface area contributed by atoms with E-state index >= 15 is 17.6 Å². The van der Waals surface area contributed by atoms with E-state index in [1.54, 1.807) is 11.3 Å². The summed E-state index contributed by atoms with van der Waals surface area (Å²) in [6.45, 7) is 13.3. The summed E-state index contributed by atoms with van der Waals surface area (Å²) >= 11 is 7.83.